The van der Waals surface area contributed by atoms with Crippen LogP contribution < -0.4 is 4.80 Å². The van der Waals surface area contributed by atoms with E-state index in [9.17, 15) is 4.79 Å². The maximum Gasteiger partial charge on any atom is 0.279 e. The number of fused-ring (bicyclic) bond motifs is 1. The van der Waals surface area contributed by atoms with Crippen LogP contribution in [0.3, 0.4) is 0 Å². The first-order valence-corrected chi connectivity index (χ1v) is 10.3. The van der Waals surface area contributed by atoms with E-state index in [1.54, 1.807) is 12.1 Å². The Kier molecular flexibility index (Phi) is 6.84. The number of amides is 1. The molecule has 3 aromatic rings. The van der Waals surface area contributed by atoms with Gasteiger partial charge in [0.2, 0.25) is 0 Å². The van der Waals surface area contributed by atoms with E-state index in [0.29, 0.717) is 50.2 Å². The number of aromatic nitrogens is 1. The fourth-order valence-corrected chi connectivity index (χ4v) is 4.59. The van der Waals surface area contributed by atoms with Crippen molar-refractivity contribution in [2.24, 2.45) is 4.99 Å². The summed E-state index contributed by atoms with van der Waals surface area (Å²) in [7, 11) is 0. The number of rotatable bonds is 5. The lowest BCUT2D eigenvalue weighted by atomic mass is 10.2. The van der Waals surface area contributed by atoms with Gasteiger partial charge in [0, 0.05) is 28.8 Å². The monoisotopic (exact) mass is 462 g/mol. The number of carbonyl (C=O) groups is 1. The molecule has 0 spiro atoms. The molecule has 0 bridgehead atoms. The summed E-state index contributed by atoms with van der Waals surface area (Å²) in [6.07, 6.45) is 0. The smallest absolute Gasteiger partial charge is 0.279 e. The number of thiazole rings is 1. The third kappa shape index (κ3) is 4.67. The lowest BCUT2D eigenvalue weighted by molar-refractivity contribution is 0.0996. The molecule has 0 aliphatic heterocycles. The van der Waals surface area contributed by atoms with E-state index in [-0.39, 0.29) is 0 Å². The SMILES string of the molecule is CCOCCn1c(=NC(=O)c2cc(Cl)cc(Cl)c2)sc2ccc(Cl)c(Cl)c21. The Morgan fingerprint density at radius 3 is 2.52 bits per heavy atom. The molecular formula is C18H14Cl4N2O2S. The number of benzene rings is 2. The minimum Gasteiger partial charge on any atom is -0.380 e. The van der Waals surface area contributed by atoms with Crippen molar-refractivity contribution in [2.45, 2.75) is 13.5 Å². The van der Waals surface area contributed by atoms with Crippen molar-refractivity contribution < 1.29 is 9.53 Å². The van der Waals surface area contributed by atoms with Gasteiger partial charge >= 0.3 is 0 Å². The minimum atomic E-state index is -0.446. The zero-order valence-electron chi connectivity index (χ0n) is 14.1. The number of halogens is 4. The molecule has 27 heavy (non-hydrogen) atoms. The summed E-state index contributed by atoms with van der Waals surface area (Å²) in [6, 6.07) is 8.19. The summed E-state index contributed by atoms with van der Waals surface area (Å²) < 4.78 is 8.16. The van der Waals surface area contributed by atoms with Gasteiger partial charge in [-0.3, -0.25) is 4.79 Å². The normalized spacial score (nSPS) is 12.1. The maximum absolute atomic E-state index is 12.6. The Morgan fingerprint density at radius 1 is 1.15 bits per heavy atom. The summed E-state index contributed by atoms with van der Waals surface area (Å²) >= 11 is 25.9. The van der Waals surface area contributed by atoms with Gasteiger partial charge in [0.1, 0.15) is 0 Å². The van der Waals surface area contributed by atoms with Crippen LogP contribution in [0.5, 0.6) is 0 Å². The first kappa shape index (κ1) is 20.6. The van der Waals surface area contributed by atoms with Crippen molar-refractivity contribution in [3.05, 3.63) is 60.8 Å². The first-order chi connectivity index (χ1) is 12.9. The number of hydrogen-bond donors (Lipinski definition) is 0. The van der Waals surface area contributed by atoms with Crippen LogP contribution in [-0.2, 0) is 11.3 Å². The van der Waals surface area contributed by atoms with E-state index in [2.05, 4.69) is 4.99 Å². The molecule has 1 amide bonds. The molecule has 0 saturated heterocycles. The lowest BCUT2D eigenvalue weighted by Gasteiger charge is -2.07. The molecule has 1 aromatic heterocycles. The molecule has 0 N–H and O–H groups in total. The molecule has 0 radical (unpaired) electrons. The van der Waals surface area contributed by atoms with Gasteiger partial charge in [0.25, 0.3) is 5.91 Å². The van der Waals surface area contributed by atoms with Crippen molar-refractivity contribution in [2.75, 3.05) is 13.2 Å². The summed E-state index contributed by atoms with van der Waals surface area (Å²) in [5, 5.41) is 1.60. The molecule has 9 heteroatoms. The van der Waals surface area contributed by atoms with Gasteiger partial charge in [-0.25, -0.2) is 0 Å². The van der Waals surface area contributed by atoms with Crippen LogP contribution in [0.25, 0.3) is 10.2 Å². The molecule has 4 nitrogen and oxygen atoms in total. The fourth-order valence-electron chi connectivity index (χ4n) is 2.52. The molecular weight excluding hydrogens is 450 g/mol. The van der Waals surface area contributed by atoms with Gasteiger partial charge in [-0.2, -0.15) is 4.99 Å². The van der Waals surface area contributed by atoms with E-state index in [4.69, 9.17) is 51.1 Å². The molecule has 0 atom stereocenters. The average Bonchev–Trinajstić information content (AvgIpc) is 2.95. The highest BCUT2D eigenvalue weighted by Crippen LogP contribution is 2.32. The van der Waals surface area contributed by atoms with Crippen LogP contribution in [0.15, 0.2) is 35.3 Å². The molecule has 0 aliphatic rings. The van der Waals surface area contributed by atoms with E-state index in [1.165, 1.54) is 23.5 Å². The number of carbonyl (C=O) groups excluding carboxylic acids is 1. The van der Waals surface area contributed by atoms with E-state index >= 15 is 0 Å². The molecule has 3 rings (SSSR count). The van der Waals surface area contributed by atoms with Crippen molar-refractivity contribution in [3.63, 3.8) is 0 Å². The fraction of sp³-hybridized carbons (Fsp3) is 0.222. The Bertz CT molecular complexity index is 1050. The van der Waals surface area contributed by atoms with Crippen molar-refractivity contribution in [3.8, 4) is 0 Å². The third-order valence-corrected chi connectivity index (χ3v) is 5.98. The predicted molar refractivity (Wildman–Crippen MR) is 113 cm³/mol. The van der Waals surface area contributed by atoms with Gasteiger partial charge in [0.05, 0.1) is 26.9 Å². The highest BCUT2D eigenvalue weighted by atomic mass is 35.5. The standard InChI is InChI=1S/C18H14Cl4N2O2S/c1-2-26-6-5-24-16-14(4-3-13(21)15(16)22)27-18(24)23-17(25)10-7-11(19)9-12(20)8-10/h3-4,7-9H,2,5-6H2,1H3. The van der Waals surface area contributed by atoms with Crippen LogP contribution in [0, 0.1) is 0 Å². The lowest BCUT2D eigenvalue weighted by Crippen LogP contribution is -2.20. The van der Waals surface area contributed by atoms with Crippen LogP contribution in [0.1, 0.15) is 17.3 Å². The molecule has 2 aromatic carbocycles. The largest absolute Gasteiger partial charge is 0.380 e. The Morgan fingerprint density at radius 2 is 1.85 bits per heavy atom. The molecule has 142 valence electrons. The van der Waals surface area contributed by atoms with Gasteiger partial charge < -0.3 is 9.30 Å². The molecule has 0 aliphatic carbocycles. The summed E-state index contributed by atoms with van der Waals surface area (Å²) in [5.74, 6) is -0.446. The van der Waals surface area contributed by atoms with Crippen LogP contribution in [-0.4, -0.2) is 23.7 Å². The first-order valence-electron chi connectivity index (χ1n) is 8.01. The summed E-state index contributed by atoms with van der Waals surface area (Å²) in [5.41, 5.74) is 1.04. The van der Waals surface area contributed by atoms with E-state index in [0.717, 1.165) is 10.2 Å². The number of nitrogens with zero attached hydrogens (tertiary/aromatic N) is 2. The second-order valence-electron chi connectivity index (χ2n) is 5.52. The molecule has 0 saturated carbocycles. The second kappa shape index (κ2) is 8.95. The Hall–Kier alpha value is -1.08. The second-order valence-corrected chi connectivity index (χ2v) is 8.18. The topological polar surface area (TPSA) is 43.6 Å². The Balaban J connectivity index is 2.14. The molecule has 0 fully saturated rings. The minimum absolute atomic E-state index is 0.311. The van der Waals surface area contributed by atoms with E-state index < -0.39 is 5.91 Å². The third-order valence-electron chi connectivity index (χ3n) is 3.70. The number of ether oxygens (including phenoxy) is 1. The van der Waals surface area contributed by atoms with Crippen LogP contribution in [0.4, 0.5) is 0 Å². The van der Waals surface area contributed by atoms with Crippen LogP contribution >= 0.6 is 57.7 Å². The van der Waals surface area contributed by atoms with Crippen molar-refractivity contribution >= 4 is 73.9 Å². The van der Waals surface area contributed by atoms with Gasteiger partial charge in [0.15, 0.2) is 4.80 Å². The predicted octanol–water partition coefficient (Wildman–Crippen LogP) is 6.09. The van der Waals surface area contributed by atoms with Crippen molar-refractivity contribution in [1.29, 1.82) is 0 Å². The zero-order valence-corrected chi connectivity index (χ0v) is 18.0. The van der Waals surface area contributed by atoms with Gasteiger partial charge in [-0.05, 0) is 37.3 Å². The number of hydrogen-bond acceptors (Lipinski definition) is 3. The molecule has 0 unspecified atom stereocenters. The van der Waals surface area contributed by atoms with E-state index in [1.807, 2.05) is 17.6 Å². The van der Waals surface area contributed by atoms with Crippen molar-refractivity contribution in [1.82, 2.24) is 4.57 Å². The summed E-state index contributed by atoms with van der Waals surface area (Å²) in [6.45, 7) is 3.44. The molecule has 1 heterocycles. The zero-order chi connectivity index (χ0) is 19.6. The highest BCUT2D eigenvalue weighted by molar-refractivity contribution is 7.16. The highest BCUT2D eigenvalue weighted by Gasteiger charge is 2.14. The van der Waals surface area contributed by atoms with Gasteiger partial charge in [-0.1, -0.05) is 57.7 Å². The van der Waals surface area contributed by atoms with Gasteiger partial charge in [-0.15, -0.1) is 0 Å². The maximum atomic E-state index is 12.6. The quantitative estimate of drug-likeness (QED) is 0.429. The average molecular weight is 464 g/mol. The van der Waals surface area contributed by atoms with Crippen LogP contribution in [0.2, 0.25) is 20.1 Å². The Labute approximate surface area is 179 Å². The summed E-state index contributed by atoms with van der Waals surface area (Å²) in [4.78, 5) is 17.4.